The van der Waals surface area contributed by atoms with E-state index >= 15 is 0 Å². The molecule has 0 aliphatic carbocycles. The van der Waals surface area contributed by atoms with Gasteiger partial charge in [0.05, 0.1) is 0 Å². The Labute approximate surface area is 287 Å². The van der Waals surface area contributed by atoms with Crippen molar-refractivity contribution in [2.24, 2.45) is 0 Å². The summed E-state index contributed by atoms with van der Waals surface area (Å²) in [6.07, 6.45) is 7.92. The molecule has 4 nitrogen and oxygen atoms in total. The minimum Gasteiger partial charge on any atom is -0.311 e. The highest BCUT2D eigenvalue weighted by Gasteiger charge is 2.45. The Bertz CT molecular complexity index is 2290. The Hall–Kier alpha value is -5.17. The fourth-order valence-electron chi connectivity index (χ4n) is 8.09. The maximum atomic E-state index is 4.55. The van der Waals surface area contributed by atoms with Gasteiger partial charge in [-0.05, 0) is 87.6 Å². The molecule has 0 N–H and O–H groups in total. The van der Waals surface area contributed by atoms with Gasteiger partial charge in [0.2, 0.25) is 0 Å². The third kappa shape index (κ3) is 3.67. The number of pyridine rings is 2. The van der Waals surface area contributed by atoms with Gasteiger partial charge in [-0.15, -0.1) is 0 Å². The molecule has 7 aromatic rings. The monoisotopic (exact) mass is 646 g/mol. The first-order chi connectivity index (χ1) is 23.8. The molecule has 0 unspecified atom stereocenters. The van der Waals surface area contributed by atoms with Crippen LogP contribution in [0.25, 0.3) is 22.3 Å². The molecule has 5 aromatic carbocycles. The number of anilines is 6. The van der Waals surface area contributed by atoms with Crippen molar-refractivity contribution in [2.45, 2.75) is 9.79 Å². The van der Waals surface area contributed by atoms with Gasteiger partial charge in [0, 0.05) is 79.8 Å². The molecule has 48 heavy (non-hydrogen) atoms. The predicted molar refractivity (Wildman–Crippen MR) is 204 cm³/mol. The number of para-hydroxylation sites is 2. The number of aromatic nitrogens is 2. The molecule has 0 saturated heterocycles. The van der Waals surface area contributed by atoms with Crippen molar-refractivity contribution in [3.05, 3.63) is 146 Å². The number of hydrogen-bond acceptors (Lipinski definition) is 6. The smallest absolute Gasteiger partial charge is 0.285 e. The van der Waals surface area contributed by atoms with Crippen LogP contribution in [0.3, 0.4) is 0 Å². The zero-order chi connectivity index (χ0) is 31.3. The third-order valence-electron chi connectivity index (χ3n) is 10.1. The van der Waals surface area contributed by atoms with E-state index in [-0.39, 0.29) is 12.0 Å². The lowest BCUT2D eigenvalue weighted by molar-refractivity contribution is 1.24. The Morgan fingerprint density at radius 2 is 0.917 bits per heavy atom. The first-order valence-corrected chi connectivity index (χ1v) is 18.0. The second-order valence-electron chi connectivity index (χ2n) is 12.5. The third-order valence-corrected chi connectivity index (χ3v) is 12.7. The van der Waals surface area contributed by atoms with E-state index in [2.05, 4.69) is 141 Å². The van der Waals surface area contributed by atoms with Crippen LogP contribution in [0.4, 0.5) is 34.1 Å². The fourth-order valence-corrected chi connectivity index (χ4v) is 10.8. The van der Waals surface area contributed by atoms with Gasteiger partial charge in [-0.2, -0.15) is 23.2 Å². The largest absolute Gasteiger partial charge is 0.311 e. The number of rotatable bonds is 2. The Morgan fingerprint density at radius 1 is 0.438 bits per heavy atom. The average Bonchev–Trinajstić information content (AvgIpc) is 3.15. The van der Waals surface area contributed by atoms with Crippen LogP contribution < -0.4 is 31.7 Å². The number of benzene rings is 5. The van der Waals surface area contributed by atoms with E-state index in [1.165, 1.54) is 76.6 Å². The van der Waals surface area contributed by atoms with E-state index in [1.54, 1.807) is 0 Å². The van der Waals surface area contributed by atoms with Gasteiger partial charge in [0.1, 0.15) is 0 Å². The molecule has 6 heterocycles. The summed E-state index contributed by atoms with van der Waals surface area (Å²) in [7, 11) is 0. The highest BCUT2D eigenvalue weighted by Crippen LogP contribution is 2.49. The first-order valence-electron chi connectivity index (χ1n) is 16.2. The van der Waals surface area contributed by atoms with E-state index < -0.39 is 0 Å². The number of fused-ring (bicyclic) bond motifs is 8. The zero-order valence-electron chi connectivity index (χ0n) is 25.6. The Kier molecular flexibility index (Phi) is 5.69. The molecule has 11 rings (SSSR count). The number of nitrogens with zero attached hydrogens (tertiary/aromatic N) is 4. The molecule has 222 valence electrons. The van der Waals surface area contributed by atoms with Crippen LogP contribution in [-0.2, 0) is 0 Å². The average molecular weight is 646 g/mol. The van der Waals surface area contributed by atoms with Crippen LogP contribution in [0, 0.1) is 0 Å². The normalized spacial score (nSPS) is 14.3. The minimum absolute atomic E-state index is 0.151. The quantitative estimate of drug-likeness (QED) is 0.178. The van der Waals surface area contributed by atoms with Gasteiger partial charge in [-0.1, -0.05) is 66.7 Å². The molecule has 0 radical (unpaired) electrons. The van der Waals surface area contributed by atoms with Crippen LogP contribution in [-0.4, -0.2) is 22.0 Å². The topological polar surface area (TPSA) is 32.3 Å². The van der Waals surface area contributed by atoms with Crippen LogP contribution in [0.1, 0.15) is 0 Å². The van der Waals surface area contributed by atoms with Crippen molar-refractivity contribution in [1.29, 1.82) is 0 Å². The van der Waals surface area contributed by atoms with Crippen molar-refractivity contribution < 1.29 is 0 Å². The summed E-state index contributed by atoms with van der Waals surface area (Å²) in [5.41, 5.74) is 17.6. The van der Waals surface area contributed by atoms with E-state index in [4.69, 9.17) is 0 Å². The maximum Gasteiger partial charge on any atom is 0.285 e. The van der Waals surface area contributed by atoms with Gasteiger partial charge < -0.3 is 9.80 Å². The van der Waals surface area contributed by atoms with Crippen molar-refractivity contribution in [3.8, 4) is 22.3 Å². The molecule has 0 bridgehead atoms. The van der Waals surface area contributed by atoms with Crippen molar-refractivity contribution in [2.75, 3.05) is 9.80 Å². The molecule has 0 fully saturated rings. The molecular formula is C40H24B2N4S2. The highest BCUT2D eigenvalue weighted by atomic mass is 32.2. The summed E-state index contributed by atoms with van der Waals surface area (Å²) in [4.78, 5) is 16.6. The summed E-state index contributed by atoms with van der Waals surface area (Å²) in [6.45, 7) is 0. The van der Waals surface area contributed by atoms with Crippen molar-refractivity contribution in [1.82, 2.24) is 9.97 Å². The molecule has 0 saturated carbocycles. The SMILES string of the molecule is c1ccc(N2c3cc4c(cc3B3Sc5ccncc5-c5cccc2c53)B2Sc3ccncc3-c3cccc(c32)N4c2ccccc2)cc1. The highest BCUT2D eigenvalue weighted by molar-refractivity contribution is 8.29. The lowest BCUT2D eigenvalue weighted by Gasteiger charge is -2.43. The van der Waals surface area contributed by atoms with E-state index in [1.807, 2.05) is 48.0 Å². The molecular weight excluding hydrogens is 622 g/mol. The van der Waals surface area contributed by atoms with E-state index in [0.717, 1.165) is 11.4 Å². The minimum atomic E-state index is 0.151. The van der Waals surface area contributed by atoms with Crippen molar-refractivity contribution >= 4 is 91.2 Å². The zero-order valence-corrected chi connectivity index (χ0v) is 27.2. The second kappa shape index (κ2) is 10.2. The second-order valence-corrected chi connectivity index (χ2v) is 14.8. The molecule has 4 aliphatic rings. The van der Waals surface area contributed by atoms with E-state index in [0.29, 0.717) is 0 Å². The van der Waals surface area contributed by atoms with Crippen LogP contribution in [0.2, 0.25) is 0 Å². The van der Waals surface area contributed by atoms with Gasteiger partial charge >= 0.3 is 0 Å². The fraction of sp³-hybridized carbons (Fsp3) is 0. The Morgan fingerprint density at radius 3 is 1.40 bits per heavy atom. The van der Waals surface area contributed by atoms with E-state index in [9.17, 15) is 0 Å². The molecule has 2 aromatic heterocycles. The maximum absolute atomic E-state index is 4.55. The first kappa shape index (κ1) is 26.9. The summed E-state index contributed by atoms with van der Waals surface area (Å²) >= 11 is 3.92. The van der Waals surface area contributed by atoms with Gasteiger partial charge in [-0.3, -0.25) is 9.97 Å². The number of hydrogen-bond donors (Lipinski definition) is 0. The molecule has 0 atom stereocenters. The lowest BCUT2D eigenvalue weighted by atomic mass is 9.51. The predicted octanol–water partition coefficient (Wildman–Crippen LogP) is 7.80. The molecule has 0 spiro atoms. The summed E-state index contributed by atoms with van der Waals surface area (Å²) < 4.78 is 0. The summed E-state index contributed by atoms with van der Waals surface area (Å²) in [5, 5.41) is 0. The standard InChI is InChI=1S/C40H24B2N4S2/c1-3-9-25(10-4-1)45-33-15-7-13-27-29-23-43-19-17-37(29)47-41(39(27)33)31-21-32-36(22-35(31)45)46(26-11-5-2-6-12-26)34-16-8-14-28-30-24-44-20-18-38(30)48-42(32)40(28)34/h1-24H. The molecule has 8 heteroatoms. The van der Waals surface area contributed by atoms with Crippen LogP contribution >= 0.6 is 23.2 Å². The van der Waals surface area contributed by atoms with Gasteiger partial charge in [-0.25, -0.2) is 0 Å². The summed E-state index contributed by atoms with van der Waals surface area (Å²) in [5.74, 6) is 0.302. The van der Waals surface area contributed by atoms with Crippen LogP contribution in [0.5, 0.6) is 0 Å². The van der Waals surface area contributed by atoms with Gasteiger partial charge in [0.15, 0.2) is 0 Å². The van der Waals surface area contributed by atoms with Crippen molar-refractivity contribution in [3.63, 3.8) is 0 Å². The Balaban J connectivity index is 1.23. The summed E-state index contributed by atoms with van der Waals surface area (Å²) in [6, 6.07) is 44.6. The molecule has 0 amide bonds. The lowest BCUT2D eigenvalue weighted by Crippen LogP contribution is -2.55. The molecule has 4 aliphatic heterocycles. The van der Waals surface area contributed by atoms with Gasteiger partial charge in [0.25, 0.3) is 12.0 Å². The van der Waals surface area contributed by atoms with Crippen LogP contribution in [0.15, 0.2) is 156 Å².